The van der Waals surface area contributed by atoms with Crippen LogP contribution in [0.4, 0.5) is 5.69 Å². The number of hydrogen-bond donors (Lipinski definition) is 2. The van der Waals surface area contributed by atoms with E-state index >= 15 is 0 Å². The van der Waals surface area contributed by atoms with Crippen molar-refractivity contribution in [3.8, 4) is 0 Å². The molecule has 5 heteroatoms. The summed E-state index contributed by atoms with van der Waals surface area (Å²) in [6, 6.07) is 3.46. The van der Waals surface area contributed by atoms with Crippen LogP contribution < -0.4 is 10.5 Å². The van der Waals surface area contributed by atoms with Gasteiger partial charge in [0, 0.05) is 12.2 Å². The first kappa shape index (κ1) is 14.0. The van der Waals surface area contributed by atoms with E-state index in [2.05, 4.69) is 4.72 Å². The zero-order valence-electron chi connectivity index (χ0n) is 10.7. The van der Waals surface area contributed by atoms with Crippen LogP contribution in [0.25, 0.3) is 0 Å². The Morgan fingerprint density at radius 3 is 2.41 bits per heavy atom. The molecule has 0 unspecified atom stereocenters. The fourth-order valence-electron chi connectivity index (χ4n) is 1.60. The first-order valence-corrected chi connectivity index (χ1v) is 7.09. The molecular formula is C12H20N2O2S. The van der Waals surface area contributed by atoms with Gasteiger partial charge in [-0.3, -0.25) is 0 Å². The van der Waals surface area contributed by atoms with Crippen LogP contribution in [-0.2, 0) is 10.0 Å². The van der Waals surface area contributed by atoms with E-state index in [0.29, 0.717) is 28.3 Å². The second kappa shape index (κ2) is 5.06. The third kappa shape index (κ3) is 3.20. The highest BCUT2D eigenvalue weighted by Gasteiger charge is 2.20. The Morgan fingerprint density at radius 2 is 1.88 bits per heavy atom. The maximum Gasteiger partial charge on any atom is 0.241 e. The standard InChI is InChI=1S/C12H20N2O2S/c1-8(2)7-14-17(15,16)12-9(3)5-6-11(13)10(12)4/h5-6,8,14H,7,13H2,1-4H3. The number of hydrogen-bond acceptors (Lipinski definition) is 3. The van der Waals surface area contributed by atoms with Crippen molar-refractivity contribution in [3.05, 3.63) is 23.3 Å². The molecule has 1 aromatic rings. The molecule has 0 spiro atoms. The lowest BCUT2D eigenvalue weighted by molar-refractivity contribution is 0.559. The number of anilines is 1. The van der Waals surface area contributed by atoms with Crippen molar-refractivity contribution in [2.45, 2.75) is 32.6 Å². The van der Waals surface area contributed by atoms with Crippen LogP contribution in [0.2, 0.25) is 0 Å². The first-order chi connectivity index (χ1) is 7.75. The Hall–Kier alpha value is -1.07. The molecule has 0 heterocycles. The highest BCUT2D eigenvalue weighted by molar-refractivity contribution is 7.89. The molecule has 1 rings (SSSR count). The monoisotopic (exact) mass is 256 g/mol. The molecule has 17 heavy (non-hydrogen) atoms. The summed E-state index contributed by atoms with van der Waals surface area (Å²) in [6.45, 7) is 7.85. The van der Waals surface area contributed by atoms with E-state index in [9.17, 15) is 8.42 Å². The minimum atomic E-state index is -3.47. The predicted molar refractivity (Wildman–Crippen MR) is 70.4 cm³/mol. The predicted octanol–water partition coefficient (Wildman–Crippen LogP) is 1.82. The Balaban J connectivity index is 3.19. The molecule has 3 N–H and O–H groups in total. The fourth-order valence-corrected chi connectivity index (χ4v) is 3.31. The number of rotatable bonds is 4. The van der Waals surface area contributed by atoms with Gasteiger partial charge in [0.15, 0.2) is 0 Å². The lowest BCUT2D eigenvalue weighted by atomic mass is 10.1. The zero-order valence-corrected chi connectivity index (χ0v) is 11.6. The van der Waals surface area contributed by atoms with Gasteiger partial charge in [-0.2, -0.15) is 0 Å². The van der Waals surface area contributed by atoms with Crippen LogP contribution in [0, 0.1) is 19.8 Å². The molecule has 0 radical (unpaired) electrons. The van der Waals surface area contributed by atoms with Crippen molar-refractivity contribution in [1.82, 2.24) is 4.72 Å². The Kier molecular flexibility index (Phi) is 4.16. The van der Waals surface area contributed by atoms with E-state index in [1.54, 1.807) is 26.0 Å². The van der Waals surface area contributed by atoms with Gasteiger partial charge in [-0.25, -0.2) is 13.1 Å². The number of aryl methyl sites for hydroxylation is 1. The lowest BCUT2D eigenvalue weighted by Crippen LogP contribution is -2.28. The van der Waals surface area contributed by atoms with Gasteiger partial charge >= 0.3 is 0 Å². The topological polar surface area (TPSA) is 72.2 Å². The van der Waals surface area contributed by atoms with Crippen LogP contribution in [0.1, 0.15) is 25.0 Å². The normalized spacial score (nSPS) is 12.1. The van der Waals surface area contributed by atoms with Gasteiger partial charge in [0.25, 0.3) is 0 Å². The van der Waals surface area contributed by atoms with E-state index in [-0.39, 0.29) is 5.92 Å². The molecule has 0 amide bonds. The van der Waals surface area contributed by atoms with E-state index in [0.717, 1.165) is 0 Å². The molecular weight excluding hydrogens is 236 g/mol. The molecule has 0 saturated heterocycles. The molecule has 1 aromatic carbocycles. The van der Waals surface area contributed by atoms with E-state index in [1.165, 1.54) is 0 Å². The Labute approximate surface area is 103 Å². The van der Waals surface area contributed by atoms with Crippen LogP contribution in [0.5, 0.6) is 0 Å². The summed E-state index contributed by atoms with van der Waals surface area (Å²) >= 11 is 0. The van der Waals surface area contributed by atoms with Gasteiger partial charge < -0.3 is 5.73 Å². The maximum absolute atomic E-state index is 12.2. The Morgan fingerprint density at radius 1 is 1.29 bits per heavy atom. The van der Waals surface area contributed by atoms with Crippen LogP contribution in [0.15, 0.2) is 17.0 Å². The smallest absolute Gasteiger partial charge is 0.241 e. The molecule has 0 aliphatic rings. The number of nitrogens with two attached hydrogens (primary N) is 1. The minimum Gasteiger partial charge on any atom is -0.398 e. The zero-order chi connectivity index (χ0) is 13.2. The number of sulfonamides is 1. The highest BCUT2D eigenvalue weighted by atomic mass is 32.2. The van der Waals surface area contributed by atoms with Crippen molar-refractivity contribution < 1.29 is 8.42 Å². The second-order valence-corrected chi connectivity index (χ2v) is 6.38. The van der Waals surface area contributed by atoms with E-state index in [4.69, 9.17) is 5.73 Å². The van der Waals surface area contributed by atoms with Crippen molar-refractivity contribution in [1.29, 1.82) is 0 Å². The van der Waals surface area contributed by atoms with Crippen molar-refractivity contribution >= 4 is 15.7 Å². The largest absolute Gasteiger partial charge is 0.398 e. The highest BCUT2D eigenvalue weighted by Crippen LogP contribution is 2.24. The van der Waals surface area contributed by atoms with Crippen molar-refractivity contribution in [2.75, 3.05) is 12.3 Å². The van der Waals surface area contributed by atoms with E-state index in [1.807, 2.05) is 13.8 Å². The Bertz CT molecular complexity index is 507. The number of nitrogens with one attached hydrogen (secondary N) is 1. The van der Waals surface area contributed by atoms with E-state index < -0.39 is 10.0 Å². The molecule has 0 aliphatic heterocycles. The maximum atomic E-state index is 12.2. The van der Waals surface area contributed by atoms with Gasteiger partial charge in [-0.1, -0.05) is 19.9 Å². The van der Waals surface area contributed by atoms with Crippen LogP contribution in [0.3, 0.4) is 0 Å². The summed E-state index contributed by atoms with van der Waals surface area (Å²) < 4.78 is 26.9. The summed E-state index contributed by atoms with van der Waals surface area (Å²) in [5.74, 6) is 0.270. The SMILES string of the molecule is Cc1ccc(N)c(C)c1S(=O)(=O)NCC(C)C. The molecule has 4 nitrogen and oxygen atoms in total. The molecule has 0 bridgehead atoms. The molecule has 96 valence electrons. The molecule has 0 aliphatic carbocycles. The fraction of sp³-hybridized carbons (Fsp3) is 0.500. The van der Waals surface area contributed by atoms with Gasteiger partial charge in [0.1, 0.15) is 0 Å². The molecule has 0 aromatic heterocycles. The minimum absolute atomic E-state index is 0.270. The third-order valence-electron chi connectivity index (χ3n) is 2.59. The summed E-state index contributed by atoms with van der Waals surface area (Å²) in [4.78, 5) is 0.304. The second-order valence-electron chi connectivity index (χ2n) is 4.67. The molecule has 0 saturated carbocycles. The average molecular weight is 256 g/mol. The van der Waals surface area contributed by atoms with Gasteiger partial charge in [0.2, 0.25) is 10.0 Å². The summed E-state index contributed by atoms with van der Waals surface area (Å²) in [6.07, 6.45) is 0. The average Bonchev–Trinajstić information content (AvgIpc) is 2.21. The number of nitrogen functional groups attached to an aromatic ring is 1. The third-order valence-corrected chi connectivity index (χ3v) is 4.31. The summed E-state index contributed by atoms with van der Waals surface area (Å²) in [7, 11) is -3.47. The molecule has 0 fully saturated rings. The van der Waals surface area contributed by atoms with Crippen LogP contribution in [-0.4, -0.2) is 15.0 Å². The lowest BCUT2D eigenvalue weighted by Gasteiger charge is -2.14. The number of benzene rings is 1. The quantitative estimate of drug-likeness (QED) is 0.807. The van der Waals surface area contributed by atoms with Gasteiger partial charge in [0.05, 0.1) is 4.90 Å². The summed E-state index contributed by atoms with van der Waals surface area (Å²) in [5, 5.41) is 0. The molecule has 0 atom stereocenters. The van der Waals surface area contributed by atoms with Gasteiger partial charge in [-0.15, -0.1) is 0 Å². The first-order valence-electron chi connectivity index (χ1n) is 5.61. The van der Waals surface area contributed by atoms with Gasteiger partial charge in [-0.05, 0) is 37.0 Å². The summed E-state index contributed by atoms with van der Waals surface area (Å²) in [5.41, 5.74) is 7.58. The van der Waals surface area contributed by atoms with Crippen molar-refractivity contribution in [2.24, 2.45) is 5.92 Å². The van der Waals surface area contributed by atoms with Crippen molar-refractivity contribution in [3.63, 3.8) is 0 Å². The van der Waals surface area contributed by atoms with Crippen LogP contribution >= 0.6 is 0 Å².